The number of halogens is 3. The fourth-order valence-corrected chi connectivity index (χ4v) is 4.19. The number of benzene rings is 1. The highest BCUT2D eigenvalue weighted by Crippen LogP contribution is 2.45. The van der Waals surface area contributed by atoms with Gasteiger partial charge in [-0.3, -0.25) is 0 Å². The molecule has 0 unspecified atom stereocenters. The maximum absolute atomic E-state index is 13.0. The molecule has 4 aromatic rings. The number of aryl methyl sites for hydroxylation is 1. The van der Waals surface area contributed by atoms with Gasteiger partial charge in [0.2, 0.25) is 11.8 Å². The van der Waals surface area contributed by atoms with Gasteiger partial charge in [0.25, 0.3) is 0 Å². The van der Waals surface area contributed by atoms with Gasteiger partial charge in [-0.2, -0.15) is 18.2 Å². The average molecular weight is 525 g/mol. The number of aromatic nitrogens is 6. The molecular weight excluding hydrogens is 497 g/mol. The predicted octanol–water partition coefficient (Wildman–Crippen LogP) is 5.94. The maximum atomic E-state index is 13.0. The molecule has 3 aromatic heterocycles. The molecule has 0 atom stereocenters. The molecule has 11 heteroatoms. The third-order valence-electron chi connectivity index (χ3n) is 6.38. The Labute approximate surface area is 217 Å². The fourth-order valence-electron chi connectivity index (χ4n) is 4.19. The Morgan fingerprint density at radius 2 is 1.76 bits per heavy atom. The quantitative estimate of drug-likeness (QED) is 0.282. The van der Waals surface area contributed by atoms with E-state index in [1.165, 1.54) is 17.9 Å². The molecule has 1 aliphatic carbocycles. The second kappa shape index (κ2) is 10.0. The van der Waals surface area contributed by atoms with Crippen molar-refractivity contribution in [2.45, 2.75) is 51.3 Å². The number of nitrogens with zero attached hydrogens (tertiary/aromatic N) is 6. The van der Waals surface area contributed by atoms with Crippen molar-refractivity contribution in [1.29, 1.82) is 0 Å². The number of alkyl halides is 3. The summed E-state index contributed by atoms with van der Waals surface area (Å²) in [4.78, 5) is 21.8. The topological polar surface area (TPSA) is 87.8 Å². The summed E-state index contributed by atoms with van der Waals surface area (Å²) in [5, 5.41) is 0. The van der Waals surface area contributed by atoms with Crippen LogP contribution in [0, 0.1) is 0 Å². The van der Waals surface area contributed by atoms with E-state index in [9.17, 15) is 13.2 Å². The molecule has 0 amide bonds. The molecule has 0 radical (unpaired) electrons. The number of hydrogen-bond acceptors (Lipinski definition) is 7. The molecule has 1 aliphatic rings. The SMILES string of the molecule is COc1ncnc(C2CC2)c1-c1ncc(C(C)C)c(OCc2ccc(-c3nc(C(F)(F)F)cn3C)cc2)n1. The molecule has 8 nitrogen and oxygen atoms in total. The van der Waals surface area contributed by atoms with E-state index < -0.39 is 11.9 Å². The molecule has 1 fully saturated rings. The van der Waals surface area contributed by atoms with Crippen molar-refractivity contribution in [3.63, 3.8) is 0 Å². The van der Waals surface area contributed by atoms with Gasteiger partial charge < -0.3 is 14.0 Å². The van der Waals surface area contributed by atoms with Crippen molar-refractivity contribution in [2.75, 3.05) is 7.11 Å². The van der Waals surface area contributed by atoms with E-state index in [1.807, 2.05) is 13.8 Å². The number of rotatable bonds is 8. The standard InChI is InChI=1S/C27H27F3N6O2/c1-15(2)19-11-31-23(21-22(17-9-10-17)32-14-33-26(21)37-4)35-25(19)38-13-16-5-7-18(8-6-16)24-34-20(12-36(24)3)27(28,29)30/h5-8,11-12,14-15,17H,9-10,13H2,1-4H3. The van der Waals surface area contributed by atoms with Gasteiger partial charge in [0.15, 0.2) is 11.5 Å². The van der Waals surface area contributed by atoms with E-state index in [-0.39, 0.29) is 18.3 Å². The smallest absolute Gasteiger partial charge is 0.434 e. The molecular formula is C27H27F3N6O2. The zero-order valence-corrected chi connectivity index (χ0v) is 21.5. The van der Waals surface area contributed by atoms with Crippen LogP contribution in [0.1, 0.15) is 61.0 Å². The van der Waals surface area contributed by atoms with Crippen LogP contribution in [-0.4, -0.2) is 36.6 Å². The first-order valence-corrected chi connectivity index (χ1v) is 12.2. The summed E-state index contributed by atoms with van der Waals surface area (Å²) in [5.74, 6) is 1.99. The Morgan fingerprint density at radius 1 is 1.03 bits per heavy atom. The van der Waals surface area contributed by atoms with Gasteiger partial charge >= 0.3 is 6.18 Å². The van der Waals surface area contributed by atoms with Crippen LogP contribution in [0.15, 0.2) is 43.0 Å². The van der Waals surface area contributed by atoms with Crippen LogP contribution in [0.4, 0.5) is 13.2 Å². The Hall–Kier alpha value is -4.02. The zero-order valence-electron chi connectivity index (χ0n) is 21.5. The van der Waals surface area contributed by atoms with E-state index in [0.29, 0.717) is 34.6 Å². The molecule has 0 saturated heterocycles. The normalized spacial score (nSPS) is 13.7. The van der Waals surface area contributed by atoms with Crippen LogP contribution in [-0.2, 0) is 19.8 Å². The summed E-state index contributed by atoms with van der Waals surface area (Å²) < 4.78 is 52.1. The first-order valence-electron chi connectivity index (χ1n) is 12.2. The minimum atomic E-state index is -4.50. The average Bonchev–Trinajstić information content (AvgIpc) is 3.67. The number of methoxy groups -OCH3 is 1. The molecule has 0 N–H and O–H groups in total. The lowest BCUT2D eigenvalue weighted by Crippen LogP contribution is -2.07. The van der Waals surface area contributed by atoms with Crippen molar-refractivity contribution in [3.8, 4) is 34.5 Å². The molecule has 198 valence electrons. The largest absolute Gasteiger partial charge is 0.480 e. The van der Waals surface area contributed by atoms with E-state index in [2.05, 4.69) is 19.9 Å². The Bertz CT molecular complexity index is 1450. The molecule has 5 rings (SSSR count). The fraction of sp³-hybridized carbons (Fsp3) is 0.370. The van der Waals surface area contributed by atoms with E-state index in [1.54, 1.807) is 37.6 Å². The minimum Gasteiger partial charge on any atom is -0.480 e. The third kappa shape index (κ3) is 5.18. The minimum absolute atomic E-state index is 0.115. The van der Waals surface area contributed by atoms with Gasteiger partial charge in [0.1, 0.15) is 24.3 Å². The van der Waals surface area contributed by atoms with Crippen LogP contribution in [0.2, 0.25) is 0 Å². The highest BCUT2D eigenvalue weighted by Gasteiger charge is 2.34. The van der Waals surface area contributed by atoms with E-state index in [4.69, 9.17) is 14.5 Å². The van der Waals surface area contributed by atoms with Gasteiger partial charge in [0, 0.05) is 36.5 Å². The monoisotopic (exact) mass is 524 g/mol. The molecule has 1 aromatic carbocycles. The summed E-state index contributed by atoms with van der Waals surface area (Å²) in [6, 6.07) is 7.05. The first kappa shape index (κ1) is 25.6. The zero-order chi connectivity index (χ0) is 27.0. The summed E-state index contributed by atoms with van der Waals surface area (Å²) in [7, 11) is 3.09. The van der Waals surface area contributed by atoms with Crippen molar-refractivity contribution in [3.05, 3.63) is 65.5 Å². The number of hydrogen-bond donors (Lipinski definition) is 0. The summed E-state index contributed by atoms with van der Waals surface area (Å²) >= 11 is 0. The van der Waals surface area contributed by atoms with E-state index >= 15 is 0 Å². The Kier molecular flexibility index (Phi) is 6.77. The van der Waals surface area contributed by atoms with Gasteiger partial charge in [-0.25, -0.2) is 19.9 Å². The summed E-state index contributed by atoms with van der Waals surface area (Å²) in [5.41, 5.74) is 2.88. The van der Waals surface area contributed by atoms with Gasteiger partial charge in [-0.1, -0.05) is 38.1 Å². The van der Waals surface area contributed by atoms with Gasteiger partial charge in [-0.05, 0) is 24.3 Å². The molecule has 3 heterocycles. The molecule has 38 heavy (non-hydrogen) atoms. The van der Waals surface area contributed by atoms with Crippen molar-refractivity contribution >= 4 is 0 Å². The molecule has 1 saturated carbocycles. The molecule has 0 aliphatic heterocycles. The van der Waals surface area contributed by atoms with Crippen molar-refractivity contribution < 1.29 is 22.6 Å². The van der Waals surface area contributed by atoms with Crippen LogP contribution in [0.25, 0.3) is 22.8 Å². The van der Waals surface area contributed by atoms with Crippen LogP contribution in [0.3, 0.4) is 0 Å². The lowest BCUT2D eigenvalue weighted by atomic mass is 10.1. The number of ether oxygens (including phenoxy) is 2. The lowest BCUT2D eigenvalue weighted by Gasteiger charge is -2.16. The predicted molar refractivity (Wildman–Crippen MR) is 134 cm³/mol. The second-order valence-corrected chi connectivity index (χ2v) is 9.57. The number of imidazole rings is 1. The van der Waals surface area contributed by atoms with E-state index in [0.717, 1.165) is 35.9 Å². The summed E-state index contributed by atoms with van der Waals surface area (Å²) in [6.07, 6.45) is 1.83. The van der Waals surface area contributed by atoms with Crippen LogP contribution < -0.4 is 9.47 Å². The summed E-state index contributed by atoms with van der Waals surface area (Å²) in [6.45, 7) is 4.27. The Balaban J connectivity index is 1.40. The molecule has 0 spiro atoms. The van der Waals surface area contributed by atoms with Crippen LogP contribution in [0.5, 0.6) is 11.8 Å². The van der Waals surface area contributed by atoms with Crippen molar-refractivity contribution in [1.82, 2.24) is 29.5 Å². The highest BCUT2D eigenvalue weighted by molar-refractivity contribution is 5.66. The van der Waals surface area contributed by atoms with Crippen molar-refractivity contribution in [2.24, 2.45) is 7.05 Å². The Morgan fingerprint density at radius 3 is 2.37 bits per heavy atom. The lowest BCUT2D eigenvalue weighted by molar-refractivity contribution is -0.140. The maximum Gasteiger partial charge on any atom is 0.434 e. The second-order valence-electron chi connectivity index (χ2n) is 9.57. The van der Waals surface area contributed by atoms with Crippen LogP contribution >= 0.6 is 0 Å². The van der Waals surface area contributed by atoms with Gasteiger partial charge in [-0.15, -0.1) is 0 Å². The highest BCUT2D eigenvalue weighted by atomic mass is 19.4. The first-order chi connectivity index (χ1) is 18.2. The third-order valence-corrected chi connectivity index (χ3v) is 6.38. The molecule has 0 bridgehead atoms. The van der Waals surface area contributed by atoms with Gasteiger partial charge in [0.05, 0.1) is 12.8 Å².